The molecule has 0 fully saturated rings. The highest BCUT2D eigenvalue weighted by atomic mass is 32.1. The monoisotopic (exact) mass is 235 g/mol. The molecule has 0 aromatic carbocycles. The molecule has 5 heteroatoms. The van der Waals surface area contributed by atoms with Gasteiger partial charge in [-0.1, -0.05) is 6.07 Å². The van der Waals surface area contributed by atoms with E-state index < -0.39 is 0 Å². The lowest BCUT2D eigenvalue weighted by Crippen LogP contribution is -2.07. The van der Waals surface area contributed by atoms with Gasteiger partial charge in [0, 0.05) is 4.88 Å². The Morgan fingerprint density at radius 1 is 1.38 bits per heavy atom. The van der Waals surface area contributed by atoms with E-state index in [9.17, 15) is 0 Å². The summed E-state index contributed by atoms with van der Waals surface area (Å²) in [5, 5.41) is 5.29. The van der Waals surface area contributed by atoms with Crippen LogP contribution in [0.4, 0.5) is 5.95 Å². The molecule has 4 nitrogen and oxygen atoms in total. The zero-order chi connectivity index (χ0) is 11.4. The van der Waals surface area contributed by atoms with Gasteiger partial charge in [-0.05, 0) is 18.4 Å². The summed E-state index contributed by atoms with van der Waals surface area (Å²) in [5.41, 5.74) is 0. The second-order valence-electron chi connectivity index (χ2n) is 3.33. The number of aromatic nitrogens is 2. The Labute approximate surface area is 98.3 Å². The number of ether oxygens (including phenoxy) is 1. The average molecular weight is 235 g/mol. The third-order valence-electron chi connectivity index (χ3n) is 2.18. The third-order valence-corrected chi connectivity index (χ3v) is 3.23. The van der Waals surface area contributed by atoms with Crippen LogP contribution in [-0.2, 0) is 0 Å². The van der Waals surface area contributed by atoms with Crippen LogP contribution in [-0.4, -0.2) is 17.1 Å². The lowest BCUT2D eigenvalue weighted by atomic mass is 10.3. The minimum absolute atomic E-state index is 0.216. The third kappa shape index (κ3) is 2.49. The van der Waals surface area contributed by atoms with Gasteiger partial charge >= 0.3 is 0 Å². The molecular weight excluding hydrogens is 222 g/mol. The van der Waals surface area contributed by atoms with E-state index in [2.05, 4.69) is 33.7 Å². The fourth-order valence-electron chi connectivity index (χ4n) is 1.30. The summed E-state index contributed by atoms with van der Waals surface area (Å²) in [4.78, 5) is 9.58. The quantitative estimate of drug-likeness (QED) is 0.885. The van der Waals surface area contributed by atoms with Crippen molar-refractivity contribution in [1.29, 1.82) is 0 Å². The van der Waals surface area contributed by atoms with E-state index in [1.807, 2.05) is 6.07 Å². The molecule has 2 rings (SSSR count). The average Bonchev–Trinajstić information content (AvgIpc) is 2.83. The minimum Gasteiger partial charge on any atom is -0.494 e. The van der Waals surface area contributed by atoms with Gasteiger partial charge in [0.15, 0.2) is 5.75 Å². The van der Waals surface area contributed by atoms with Crippen molar-refractivity contribution in [1.82, 2.24) is 9.97 Å². The van der Waals surface area contributed by atoms with E-state index >= 15 is 0 Å². The molecule has 84 valence electrons. The van der Waals surface area contributed by atoms with Crippen LogP contribution < -0.4 is 10.1 Å². The minimum atomic E-state index is 0.216. The van der Waals surface area contributed by atoms with E-state index in [4.69, 9.17) is 4.74 Å². The number of hydrogen-bond donors (Lipinski definition) is 1. The van der Waals surface area contributed by atoms with Crippen molar-refractivity contribution in [3.8, 4) is 5.75 Å². The van der Waals surface area contributed by atoms with Crippen LogP contribution in [0.2, 0.25) is 0 Å². The predicted molar refractivity (Wildman–Crippen MR) is 64.9 cm³/mol. The number of anilines is 1. The van der Waals surface area contributed by atoms with Gasteiger partial charge < -0.3 is 10.1 Å². The van der Waals surface area contributed by atoms with Gasteiger partial charge in [0.2, 0.25) is 5.95 Å². The molecule has 16 heavy (non-hydrogen) atoms. The molecule has 0 saturated heterocycles. The molecule has 2 heterocycles. The summed E-state index contributed by atoms with van der Waals surface area (Å²) in [6, 6.07) is 4.34. The van der Waals surface area contributed by atoms with Gasteiger partial charge in [-0.25, -0.2) is 9.97 Å². The van der Waals surface area contributed by atoms with Gasteiger partial charge in [0.1, 0.15) is 0 Å². The largest absolute Gasteiger partial charge is 0.494 e. The standard InChI is InChI=1S/C11H13N3OS/c1-8(10-4-3-5-16-10)14-11-12-6-9(15-2)7-13-11/h3-8H,1-2H3,(H,12,13,14). The zero-order valence-corrected chi connectivity index (χ0v) is 9.99. The molecule has 0 amide bonds. The number of nitrogens with one attached hydrogen (secondary N) is 1. The Bertz CT molecular complexity index is 427. The number of nitrogens with zero attached hydrogens (tertiary/aromatic N) is 2. The van der Waals surface area contributed by atoms with Gasteiger partial charge in [0.05, 0.1) is 25.5 Å². The maximum Gasteiger partial charge on any atom is 0.223 e. The molecule has 0 spiro atoms. The van der Waals surface area contributed by atoms with Crippen molar-refractivity contribution < 1.29 is 4.74 Å². The van der Waals surface area contributed by atoms with Crippen molar-refractivity contribution in [2.24, 2.45) is 0 Å². The van der Waals surface area contributed by atoms with Crippen LogP contribution in [0.25, 0.3) is 0 Å². The van der Waals surface area contributed by atoms with E-state index in [-0.39, 0.29) is 6.04 Å². The normalized spacial score (nSPS) is 12.1. The van der Waals surface area contributed by atoms with Crippen LogP contribution in [0.3, 0.4) is 0 Å². The van der Waals surface area contributed by atoms with Crippen molar-refractivity contribution in [2.75, 3.05) is 12.4 Å². The van der Waals surface area contributed by atoms with Crippen LogP contribution in [0.5, 0.6) is 5.75 Å². The lowest BCUT2D eigenvalue weighted by Gasteiger charge is -2.11. The highest BCUT2D eigenvalue weighted by Gasteiger charge is 2.07. The van der Waals surface area contributed by atoms with E-state index in [1.165, 1.54) is 4.88 Å². The number of rotatable bonds is 4. The highest BCUT2D eigenvalue weighted by molar-refractivity contribution is 7.10. The van der Waals surface area contributed by atoms with E-state index in [1.54, 1.807) is 30.8 Å². The number of methoxy groups -OCH3 is 1. The molecule has 0 aliphatic heterocycles. The molecule has 0 radical (unpaired) electrons. The predicted octanol–water partition coefficient (Wildman–Crippen LogP) is 2.72. The van der Waals surface area contributed by atoms with Crippen molar-refractivity contribution in [2.45, 2.75) is 13.0 Å². The maximum absolute atomic E-state index is 5.00. The van der Waals surface area contributed by atoms with Crippen molar-refractivity contribution in [3.63, 3.8) is 0 Å². The Morgan fingerprint density at radius 2 is 2.12 bits per heavy atom. The fourth-order valence-corrected chi connectivity index (χ4v) is 2.03. The second-order valence-corrected chi connectivity index (χ2v) is 4.31. The van der Waals surface area contributed by atoms with Crippen LogP contribution in [0.15, 0.2) is 29.9 Å². The number of hydrogen-bond acceptors (Lipinski definition) is 5. The molecule has 2 aromatic heterocycles. The topological polar surface area (TPSA) is 47.0 Å². The Morgan fingerprint density at radius 3 is 2.69 bits per heavy atom. The van der Waals surface area contributed by atoms with Crippen LogP contribution in [0, 0.1) is 0 Å². The molecule has 1 atom stereocenters. The first-order valence-corrected chi connectivity index (χ1v) is 5.83. The molecule has 0 aliphatic carbocycles. The fraction of sp³-hybridized carbons (Fsp3) is 0.273. The molecule has 0 aliphatic rings. The molecule has 0 bridgehead atoms. The van der Waals surface area contributed by atoms with Gasteiger partial charge in [-0.15, -0.1) is 11.3 Å². The summed E-state index contributed by atoms with van der Waals surface area (Å²) < 4.78 is 5.00. The smallest absolute Gasteiger partial charge is 0.223 e. The molecule has 1 N–H and O–H groups in total. The van der Waals surface area contributed by atoms with Gasteiger partial charge in [-0.3, -0.25) is 0 Å². The van der Waals surface area contributed by atoms with E-state index in [0.717, 1.165) is 0 Å². The molecule has 2 aromatic rings. The summed E-state index contributed by atoms with van der Waals surface area (Å²) in [7, 11) is 1.60. The Balaban J connectivity index is 2.03. The molecule has 0 saturated carbocycles. The zero-order valence-electron chi connectivity index (χ0n) is 9.18. The first-order valence-electron chi connectivity index (χ1n) is 4.95. The lowest BCUT2D eigenvalue weighted by molar-refractivity contribution is 0.411. The Kier molecular flexibility index (Phi) is 3.36. The summed E-state index contributed by atoms with van der Waals surface area (Å²) in [5.74, 6) is 1.27. The van der Waals surface area contributed by atoms with Crippen molar-refractivity contribution >= 4 is 17.3 Å². The first-order chi connectivity index (χ1) is 7.79. The molecular formula is C11H13N3OS. The van der Waals surface area contributed by atoms with Crippen LogP contribution in [0.1, 0.15) is 17.8 Å². The second kappa shape index (κ2) is 4.94. The van der Waals surface area contributed by atoms with Crippen LogP contribution >= 0.6 is 11.3 Å². The van der Waals surface area contributed by atoms with Gasteiger partial charge in [-0.2, -0.15) is 0 Å². The summed E-state index contributed by atoms with van der Waals surface area (Å²) in [6.45, 7) is 2.08. The Hall–Kier alpha value is -1.62. The highest BCUT2D eigenvalue weighted by Crippen LogP contribution is 2.21. The van der Waals surface area contributed by atoms with Crippen molar-refractivity contribution in [3.05, 3.63) is 34.8 Å². The SMILES string of the molecule is COc1cnc(NC(C)c2cccs2)nc1. The maximum atomic E-state index is 5.00. The number of thiophene rings is 1. The summed E-state index contributed by atoms with van der Waals surface area (Å²) in [6.07, 6.45) is 3.30. The first kappa shape index (κ1) is 10.9. The molecule has 1 unspecified atom stereocenters. The van der Waals surface area contributed by atoms with Gasteiger partial charge in [0.25, 0.3) is 0 Å². The summed E-state index contributed by atoms with van der Waals surface area (Å²) >= 11 is 1.72. The van der Waals surface area contributed by atoms with E-state index in [0.29, 0.717) is 11.7 Å².